The molecule has 0 atom stereocenters. The summed E-state index contributed by atoms with van der Waals surface area (Å²) in [7, 11) is 0. The van der Waals surface area contributed by atoms with Gasteiger partial charge < -0.3 is 0 Å². The van der Waals surface area contributed by atoms with Crippen LogP contribution in [0.1, 0.15) is 62.8 Å². The minimum Gasteiger partial charge on any atom is -0.256 e. The molecule has 0 amide bonds. The van der Waals surface area contributed by atoms with E-state index in [4.69, 9.17) is 16.6 Å². The lowest BCUT2D eigenvalue weighted by molar-refractivity contribution is 0.171. The quantitative estimate of drug-likeness (QED) is 0.496. The lowest BCUT2D eigenvalue weighted by atomic mass is 9.68. The molecular weight excluding hydrogens is 350 g/mol. The zero-order valence-electron chi connectivity index (χ0n) is 16.1. The molecule has 2 aliphatic carbocycles. The van der Waals surface area contributed by atoms with Crippen molar-refractivity contribution in [3.8, 4) is 11.3 Å². The molecule has 1 aromatic carbocycles. The maximum absolute atomic E-state index is 5.98. The summed E-state index contributed by atoms with van der Waals surface area (Å²) in [6.45, 7) is 3.98. The van der Waals surface area contributed by atoms with Gasteiger partial charge in [-0.15, -0.1) is 6.58 Å². The summed E-state index contributed by atoms with van der Waals surface area (Å²) in [5.74, 6) is 3.39. The molecule has 1 aromatic heterocycles. The molecule has 0 bridgehead atoms. The molecular formula is C25H30ClN. The Morgan fingerprint density at radius 2 is 1.44 bits per heavy atom. The Morgan fingerprint density at radius 1 is 0.815 bits per heavy atom. The van der Waals surface area contributed by atoms with Gasteiger partial charge in [0.05, 0.1) is 5.69 Å². The van der Waals surface area contributed by atoms with E-state index in [-0.39, 0.29) is 0 Å². The van der Waals surface area contributed by atoms with Crippen LogP contribution in [0.15, 0.2) is 55.3 Å². The largest absolute Gasteiger partial charge is 0.256 e. The fourth-order valence-electron chi connectivity index (χ4n) is 5.21. The molecule has 0 spiro atoms. The van der Waals surface area contributed by atoms with E-state index in [2.05, 4.69) is 31.0 Å². The topological polar surface area (TPSA) is 12.9 Å². The van der Waals surface area contributed by atoms with Gasteiger partial charge in [0.15, 0.2) is 0 Å². The highest BCUT2D eigenvalue weighted by molar-refractivity contribution is 6.30. The number of aromatic nitrogens is 1. The summed E-state index contributed by atoms with van der Waals surface area (Å²) in [5, 5.41) is 0.769. The van der Waals surface area contributed by atoms with Gasteiger partial charge in [-0.05, 0) is 98.8 Å². The monoisotopic (exact) mass is 379 g/mol. The number of pyridine rings is 1. The van der Waals surface area contributed by atoms with Crippen molar-refractivity contribution in [2.45, 2.75) is 57.3 Å². The molecule has 2 fully saturated rings. The summed E-state index contributed by atoms with van der Waals surface area (Å²) >= 11 is 5.98. The number of nitrogens with zero attached hydrogens (tertiary/aromatic N) is 1. The molecule has 0 N–H and O–H groups in total. The highest BCUT2D eigenvalue weighted by Gasteiger charge is 2.30. The molecule has 2 heteroatoms. The standard InChI is InChI=1S/C25H30ClN/c1-2-18-3-5-19(6-4-18)20-7-9-21(10-8-20)23-13-16-25(27-17-23)22-11-14-24(26)15-12-22/h2,11-21H,1,3-10H2/t18-,19-,20?,21?. The van der Waals surface area contributed by atoms with E-state index in [1.54, 1.807) is 0 Å². The maximum Gasteiger partial charge on any atom is 0.0702 e. The second-order valence-electron chi connectivity index (χ2n) is 8.51. The Hall–Kier alpha value is -1.60. The Kier molecular flexibility index (Phi) is 5.98. The van der Waals surface area contributed by atoms with Crippen LogP contribution in [0.3, 0.4) is 0 Å². The lowest BCUT2D eigenvalue weighted by Crippen LogP contribution is -2.25. The van der Waals surface area contributed by atoms with Crippen molar-refractivity contribution in [3.05, 3.63) is 65.8 Å². The summed E-state index contributed by atoms with van der Waals surface area (Å²) in [5.41, 5.74) is 3.58. The molecule has 4 rings (SSSR count). The van der Waals surface area contributed by atoms with E-state index in [1.807, 2.05) is 24.3 Å². The van der Waals surface area contributed by atoms with E-state index in [1.165, 1.54) is 56.9 Å². The van der Waals surface area contributed by atoms with Crippen LogP contribution in [0.2, 0.25) is 5.02 Å². The first-order valence-corrected chi connectivity index (χ1v) is 10.9. The third kappa shape index (κ3) is 4.46. The number of hydrogen-bond acceptors (Lipinski definition) is 1. The normalized spacial score (nSPS) is 28.6. The number of allylic oxidation sites excluding steroid dienone is 1. The zero-order valence-corrected chi connectivity index (χ0v) is 16.9. The van der Waals surface area contributed by atoms with Crippen LogP contribution >= 0.6 is 11.6 Å². The van der Waals surface area contributed by atoms with E-state index in [9.17, 15) is 0 Å². The lowest BCUT2D eigenvalue weighted by Gasteiger charge is -2.37. The summed E-state index contributed by atoms with van der Waals surface area (Å²) in [6.07, 6.45) is 15.3. The zero-order chi connectivity index (χ0) is 18.6. The average molecular weight is 380 g/mol. The van der Waals surface area contributed by atoms with Gasteiger partial charge in [-0.1, -0.05) is 35.9 Å². The average Bonchev–Trinajstić information content (AvgIpc) is 2.75. The van der Waals surface area contributed by atoms with Gasteiger partial charge >= 0.3 is 0 Å². The first kappa shape index (κ1) is 18.7. The summed E-state index contributed by atoms with van der Waals surface area (Å²) in [6, 6.07) is 12.4. The van der Waals surface area contributed by atoms with Gasteiger partial charge in [0.2, 0.25) is 0 Å². The summed E-state index contributed by atoms with van der Waals surface area (Å²) in [4.78, 5) is 4.73. The second-order valence-corrected chi connectivity index (χ2v) is 8.94. The number of rotatable bonds is 4. The molecule has 1 heterocycles. The number of benzene rings is 1. The molecule has 1 nitrogen and oxygen atoms in total. The minimum atomic E-state index is 0.692. The number of hydrogen-bond donors (Lipinski definition) is 0. The van der Waals surface area contributed by atoms with E-state index in [0.29, 0.717) is 5.92 Å². The van der Waals surface area contributed by atoms with Crippen molar-refractivity contribution in [3.63, 3.8) is 0 Å². The first-order chi connectivity index (χ1) is 13.2. The van der Waals surface area contributed by atoms with Crippen LogP contribution in [-0.2, 0) is 0 Å². The second kappa shape index (κ2) is 8.61. The molecule has 142 valence electrons. The number of halogens is 1. The molecule has 0 unspecified atom stereocenters. The first-order valence-electron chi connectivity index (χ1n) is 10.6. The van der Waals surface area contributed by atoms with Gasteiger partial charge in [-0.3, -0.25) is 4.98 Å². The van der Waals surface area contributed by atoms with Crippen molar-refractivity contribution in [1.29, 1.82) is 0 Å². The van der Waals surface area contributed by atoms with E-state index < -0.39 is 0 Å². The van der Waals surface area contributed by atoms with Gasteiger partial charge in [-0.25, -0.2) is 0 Å². The van der Waals surface area contributed by atoms with Gasteiger partial charge in [-0.2, -0.15) is 0 Å². The predicted molar refractivity (Wildman–Crippen MR) is 115 cm³/mol. The fraction of sp³-hybridized carbons (Fsp3) is 0.480. The molecule has 0 radical (unpaired) electrons. The van der Waals surface area contributed by atoms with Crippen LogP contribution in [0.25, 0.3) is 11.3 Å². The Labute approximate surface area is 168 Å². The molecule has 2 aromatic rings. The van der Waals surface area contributed by atoms with Crippen LogP contribution in [0.5, 0.6) is 0 Å². The Morgan fingerprint density at radius 3 is 2.00 bits per heavy atom. The van der Waals surface area contributed by atoms with Crippen LogP contribution < -0.4 is 0 Å². The van der Waals surface area contributed by atoms with Crippen molar-refractivity contribution in [1.82, 2.24) is 4.98 Å². The van der Waals surface area contributed by atoms with Crippen molar-refractivity contribution >= 4 is 11.6 Å². The van der Waals surface area contributed by atoms with Crippen molar-refractivity contribution in [2.24, 2.45) is 17.8 Å². The SMILES string of the molecule is C=C[C@H]1CC[C@H](C2CCC(c3ccc(-c4ccc(Cl)cc4)nc3)CC2)CC1. The molecule has 27 heavy (non-hydrogen) atoms. The third-order valence-corrected chi connectivity index (χ3v) is 7.24. The van der Waals surface area contributed by atoms with Gasteiger partial charge in [0.1, 0.15) is 0 Å². The smallest absolute Gasteiger partial charge is 0.0702 e. The Balaban J connectivity index is 1.33. The molecule has 2 saturated carbocycles. The van der Waals surface area contributed by atoms with Crippen LogP contribution in [0, 0.1) is 17.8 Å². The van der Waals surface area contributed by atoms with Gasteiger partial charge in [0, 0.05) is 16.8 Å². The van der Waals surface area contributed by atoms with Crippen molar-refractivity contribution < 1.29 is 0 Å². The molecule has 2 aliphatic rings. The van der Waals surface area contributed by atoms with E-state index in [0.717, 1.165) is 34.0 Å². The third-order valence-electron chi connectivity index (χ3n) is 6.99. The maximum atomic E-state index is 5.98. The predicted octanol–water partition coefficient (Wildman–Crippen LogP) is 7.67. The van der Waals surface area contributed by atoms with E-state index >= 15 is 0 Å². The highest BCUT2D eigenvalue weighted by Crippen LogP contribution is 2.44. The Bertz CT molecular complexity index is 733. The van der Waals surface area contributed by atoms with Crippen molar-refractivity contribution in [2.75, 3.05) is 0 Å². The summed E-state index contributed by atoms with van der Waals surface area (Å²) < 4.78 is 0. The fourth-order valence-corrected chi connectivity index (χ4v) is 5.34. The molecule has 0 aliphatic heterocycles. The highest BCUT2D eigenvalue weighted by atomic mass is 35.5. The van der Waals surface area contributed by atoms with Gasteiger partial charge in [0.25, 0.3) is 0 Å². The molecule has 0 saturated heterocycles. The van der Waals surface area contributed by atoms with Crippen LogP contribution in [-0.4, -0.2) is 4.98 Å². The van der Waals surface area contributed by atoms with Crippen LogP contribution in [0.4, 0.5) is 0 Å². The minimum absolute atomic E-state index is 0.692.